The van der Waals surface area contributed by atoms with E-state index in [0.717, 1.165) is 0 Å². The number of hydrogen-bond donors (Lipinski definition) is 2. The predicted octanol–water partition coefficient (Wildman–Crippen LogP) is -0.874. The highest BCUT2D eigenvalue weighted by molar-refractivity contribution is 5.79. The number of hydrogen-bond acceptors (Lipinski definition) is 7. The Hall–Kier alpha value is -1.80. The molecule has 3 N–H and O–H groups in total. The van der Waals surface area contributed by atoms with Crippen LogP contribution in [0, 0.1) is 0 Å². The molecule has 0 aliphatic carbocycles. The molecule has 2 atom stereocenters. The zero-order valence-corrected chi connectivity index (χ0v) is 9.02. The van der Waals surface area contributed by atoms with Crippen molar-refractivity contribution >= 4 is 17.0 Å². The number of nitrogens with zero attached hydrogens (tertiary/aromatic N) is 5. The van der Waals surface area contributed by atoms with E-state index in [-0.39, 0.29) is 18.8 Å². The average molecular weight is 236 g/mol. The molecule has 17 heavy (non-hydrogen) atoms. The fraction of sp³-hybridized carbons (Fsp3) is 0.556. The Balaban J connectivity index is 1.94. The van der Waals surface area contributed by atoms with Gasteiger partial charge in [-0.2, -0.15) is 4.80 Å². The van der Waals surface area contributed by atoms with Crippen LogP contribution in [0.25, 0.3) is 11.2 Å². The lowest BCUT2D eigenvalue weighted by Gasteiger charge is -2.05. The van der Waals surface area contributed by atoms with Crippen molar-refractivity contribution < 1.29 is 9.84 Å². The molecular weight excluding hydrogens is 224 g/mol. The smallest absolute Gasteiger partial charge is 0.207 e. The summed E-state index contributed by atoms with van der Waals surface area (Å²) in [5.41, 5.74) is 6.66. The number of aliphatic hydroxyl groups excluding tert-OH is 1. The van der Waals surface area contributed by atoms with E-state index in [1.165, 1.54) is 6.33 Å². The van der Waals surface area contributed by atoms with E-state index >= 15 is 0 Å². The summed E-state index contributed by atoms with van der Waals surface area (Å²) in [6, 6.07) is 0.0146. The first-order chi connectivity index (χ1) is 8.28. The molecule has 1 fully saturated rings. The summed E-state index contributed by atoms with van der Waals surface area (Å²) in [5, 5.41) is 17.5. The number of anilines is 1. The lowest BCUT2D eigenvalue weighted by molar-refractivity contribution is 0.0570. The lowest BCUT2D eigenvalue weighted by Crippen LogP contribution is -2.13. The Labute approximate surface area is 96.4 Å². The molecule has 3 heterocycles. The van der Waals surface area contributed by atoms with Crippen LogP contribution in [-0.2, 0) is 4.74 Å². The standard InChI is InChI=1S/C9H12N6O2/c10-8-7-9(12-4-11-8)14-15(13-7)5-1-6(2-16)17-3-5/h4-6,16H,1-3H2,(H2,10,11,12,14)/t5-,6-/m1/s1. The fourth-order valence-corrected chi connectivity index (χ4v) is 1.91. The maximum atomic E-state index is 9.00. The first-order valence-corrected chi connectivity index (χ1v) is 5.33. The predicted molar refractivity (Wildman–Crippen MR) is 58.0 cm³/mol. The van der Waals surface area contributed by atoms with Gasteiger partial charge in [0.25, 0.3) is 0 Å². The normalized spacial score (nSPS) is 24.5. The Morgan fingerprint density at radius 2 is 2.35 bits per heavy atom. The maximum Gasteiger partial charge on any atom is 0.207 e. The Morgan fingerprint density at radius 3 is 3.06 bits per heavy atom. The zero-order valence-electron chi connectivity index (χ0n) is 9.02. The van der Waals surface area contributed by atoms with E-state index in [0.29, 0.717) is 30.0 Å². The minimum Gasteiger partial charge on any atom is -0.394 e. The molecule has 0 spiro atoms. The monoisotopic (exact) mass is 236 g/mol. The van der Waals surface area contributed by atoms with E-state index < -0.39 is 0 Å². The van der Waals surface area contributed by atoms with Crippen LogP contribution >= 0.6 is 0 Å². The van der Waals surface area contributed by atoms with Gasteiger partial charge in [-0.05, 0) is 0 Å². The molecule has 0 amide bonds. The van der Waals surface area contributed by atoms with Gasteiger partial charge in [0.2, 0.25) is 5.65 Å². The molecule has 1 aliphatic rings. The number of nitrogen functional groups attached to an aromatic ring is 1. The number of aromatic nitrogens is 5. The average Bonchev–Trinajstić information content (AvgIpc) is 2.95. The van der Waals surface area contributed by atoms with Gasteiger partial charge in [0, 0.05) is 6.42 Å². The van der Waals surface area contributed by atoms with Crippen LogP contribution in [0.15, 0.2) is 6.33 Å². The summed E-state index contributed by atoms with van der Waals surface area (Å²) >= 11 is 0. The fourth-order valence-electron chi connectivity index (χ4n) is 1.91. The Bertz CT molecular complexity index is 541. The molecule has 3 rings (SSSR count). The molecule has 2 aromatic rings. The van der Waals surface area contributed by atoms with Crippen molar-refractivity contribution in [1.82, 2.24) is 25.0 Å². The molecule has 2 aromatic heterocycles. The molecule has 0 aromatic carbocycles. The second-order valence-electron chi connectivity index (χ2n) is 3.98. The van der Waals surface area contributed by atoms with E-state index in [2.05, 4.69) is 20.2 Å². The highest BCUT2D eigenvalue weighted by Gasteiger charge is 2.28. The number of fused-ring (bicyclic) bond motifs is 1. The molecule has 0 unspecified atom stereocenters. The Morgan fingerprint density at radius 1 is 1.47 bits per heavy atom. The van der Waals surface area contributed by atoms with Crippen LogP contribution in [0.2, 0.25) is 0 Å². The highest BCUT2D eigenvalue weighted by atomic mass is 16.5. The number of ether oxygens (including phenoxy) is 1. The first-order valence-electron chi connectivity index (χ1n) is 5.33. The van der Waals surface area contributed by atoms with Crippen molar-refractivity contribution in [3.8, 4) is 0 Å². The summed E-state index contributed by atoms with van der Waals surface area (Å²) in [5.74, 6) is 0.318. The largest absolute Gasteiger partial charge is 0.394 e. The molecule has 1 aliphatic heterocycles. The van der Waals surface area contributed by atoms with Crippen LogP contribution in [0.5, 0.6) is 0 Å². The SMILES string of the molecule is Nc1ncnc2nn([C@H]3CO[C@@H](CO)C3)nc12. The highest BCUT2D eigenvalue weighted by Crippen LogP contribution is 2.24. The minimum absolute atomic E-state index is 0.0131. The molecule has 0 saturated carbocycles. The van der Waals surface area contributed by atoms with Gasteiger partial charge in [0.15, 0.2) is 11.3 Å². The third kappa shape index (κ3) is 1.71. The molecule has 0 bridgehead atoms. The second kappa shape index (κ2) is 3.90. The molecule has 0 radical (unpaired) electrons. The third-order valence-electron chi connectivity index (χ3n) is 2.82. The van der Waals surface area contributed by atoms with Crippen molar-refractivity contribution in [3.05, 3.63) is 6.33 Å². The van der Waals surface area contributed by atoms with Crippen molar-refractivity contribution in [3.63, 3.8) is 0 Å². The van der Waals surface area contributed by atoms with Gasteiger partial charge in [-0.25, -0.2) is 9.97 Å². The molecule has 8 nitrogen and oxygen atoms in total. The number of aliphatic hydroxyl groups is 1. The van der Waals surface area contributed by atoms with Crippen LogP contribution < -0.4 is 5.73 Å². The topological polar surface area (TPSA) is 112 Å². The van der Waals surface area contributed by atoms with Gasteiger partial charge in [-0.15, -0.1) is 10.2 Å². The molecule has 90 valence electrons. The summed E-state index contributed by atoms with van der Waals surface area (Å²) in [6.07, 6.45) is 1.90. The van der Waals surface area contributed by atoms with E-state index in [9.17, 15) is 0 Å². The summed E-state index contributed by atoms with van der Waals surface area (Å²) < 4.78 is 5.38. The quantitative estimate of drug-likeness (QED) is 0.696. The van der Waals surface area contributed by atoms with Gasteiger partial charge in [0.05, 0.1) is 25.4 Å². The molecule has 8 heteroatoms. The summed E-state index contributed by atoms with van der Waals surface area (Å²) in [7, 11) is 0. The van der Waals surface area contributed by atoms with Gasteiger partial charge in [-0.1, -0.05) is 0 Å². The first kappa shape index (κ1) is 10.4. The Kier molecular flexibility index (Phi) is 2.37. The number of nitrogens with two attached hydrogens (primary N) is 1. The summed E-state index contributed by atoms with van der Waals surface area (Å²) in [4.78, 5) is 9.40. The molecule has 1 saturated heterocycles. The van der Waals surface area contributed by atoms with Gasteiger partial charge < -0.3 is 15.6 Å². The summed E-state index contributed by atoms with van der Waals surface area (Å²) in [6.45, 7) is 0.499. The van der Waals surface area contributed by atoms with E-state index in [4.69, 9.17) is 15.6 Å². The third-order valence-corrected chi connectivity index (χ3v) is 2.82. The van der Waals surface area contributed by atoms with Gasteiger partial charge in [-0.3, -0.25) is 0 Å². The van der Waals surface area contributed by atoms with Crippen molar-refractivity contribution in [2.45, 2.75) is 18.6 Å². The van der Waals surface area contributed by atoms with Crippen LogP contribution in [0.4, 0.5) is 5.82 Å². The number of rotatable bonds is 2. The van der Waals surface area contributed by atoms with Crippen LogP contribution in [-0.4, -0.2) is 49.4 Å². The van der Waals surface area contributed by atoms with Crippen LogP contribution in [0.3, 0.4) is 0 Å². The van der Waals surface area contributed by atoms with Gasteiger partial charge >= 0.3 is 0 Å². The van der Waals surface area contributed by atoms with Crippen molar-refractivity contribution in [1.29, 1.82) is 0 Å². The second-order valence-corrected chi connectivity index (χ2v) is 3.98. The van der Waals surface area contributed by atoms with Crippen molar-refractivity contribution in [2.75, 3.05) is 18.9 Å². The van der Waals surface area contributed by atoms with Crippen molar-refractivity contribution in [2.24, 2.45) is 0 Å². The van der Waals surface area contributed by atoms with Crippen LogP contribution in [0.1, 0.15) is 12.5 Å². The zero-order chi connectivity index (χ0) is 11.8. The minimum atomic E-state index is -0.141. The maximum absolute atomic E-state index is 9.00. The molecular formula is C9H12N6O2. The lowest BCUT2D eigenvalue weighted by atomic mass is 10.2. The van der Waals surface area contributed by atoms with Gasteiger partial charge in [0.1, 0.15) is 6.33 Å². The van der Waals surface area contributed by atoms with E-state index in [1.807, 2.05) is 0 Å². The van der Waals surface area contributed by atoms with E-state index in [1.54, 1.807) is 4.80 Å².